The Balaban J connectivity index is 1.52. The van der Waals surface area contributed by atoms with Gasteiger partial charge in [0.05, 0.1) is 22.9 Å². The van der Waals surface area contributed by atoms with E-state index in [2.05, 4.69) is 5.16 Å². The molecule has 0 aromatic heterocycles. The maximum Gasteiger partial charge on any atom is 0.378 e. The molecule has 0 radical (unpaired) electrons. The first-order valence-electron chi connectivity index (χ1n) is 11.2. The van der Waals surface area contributed by atoms with E-state index in [0.717, 1.165) is 0 Å². The summed E-state index contributed by atoms with van der Waals surface area (Å²) in [6.07, 6.45) is 9.12. The quantitative estimate of drug-likeness (QED) is 0.422. The average Bonchev–Trinajstić information content (AvgIpc) is 3.00. The fourth-order valence-electron chi connectivity index (χ4n) is 5.75. The van der Waals surface area contributed by atoms with E-state index < -0.39 is 28.4 Å². The summed E-state index contributed by atoms with van der Waals surface area (Å²) < 4.78 is 5.62. The van der Waals surface area contributed by atoms with Crippen LogP contribution in [0.3, 0.4) is 0 Å². The zero-order chi connectivity index (χ0) is 23.6. The summed E-state index contributed by atoms with van der Waals surface area (Å²) in [6, 6.07) is 6.43. The summed E-state index contributed by atoms with van der Waals surface area (Å²) in [6.45, 7) is 5.58. The zero-order valence-electron chi connectivity index (χ0n) is 18.9. The second-order valence-electron chi connectivity index (χ2n) is 9.94. The maximum atomic E-state index is 13.3. The molecule has 4 aliphatic rings. The molecule has 1 aromatic rings. The minimum atomic E-state index is -1.36. The van der Waals surface area contributed by atoms with Gasteiger partial charge in [0.1, 0.15) is 0 Å². The topological polar surface area (TPSA) is 111 Å². The van der Waals surface area contributed by atoms with Crippen LogP contribution >= 0.6 is 0 Å². The van der Waals surface area contributed by atoms with Gasteiger partial charge >= 0.3 is 18.0 Å². The molecule has 1 saturated carbocycles. The number of rotatable bonds is 2. The third-order valence-corrected chi connectivity index (χ3v) is 8.31. The van der Waals surface area contributed by atoms with Crippen molar-refractivity contribution >= 4 is 29.4 Å². The van der Waals surface area contributed by atoms with Gasteiger partial charge in [-0.05, 0) is 25.8 Å². The van der Waals surface area contributed by atoms with Gasteiger partial charge in [0.2, 0.25) is 5.60 Å². The molecule has 2 amide bonds. The first-order valence-corrected chi connectivity index (χ1v) is 11.2. The van der Waals surface area contributed by atoms with Crippen molar-refractivity contribution in [2.45, 2.75) is 51.7 Å². The Bertz CT molecular complexity index is 1150. The number of anilines is 1. The lowest BCUT2D eigenvalue weighted by atomic mass is 9.66. The number of fused-ring (bicyclic) bond motifs is 4. The number of nitrogens with zero attached hydrogens (tertiary/aromatic N) is 2. The molecule has 4 atom stereocenters. The summed E-state index contributed by atoms with van der Waals surface area (Å²) in [5, 5.41) is 4.28. The number of nitrogens with two attached hydrogens (primary N) is 1. The smallest absolute Gasteiger partial charge is 0.378 e. The predicted molar refractivity (Wildman–Crippen MR) is 121 cm³/mol. The first kappa shape index (κ1) is 21.4. The largest absolute Gasteiger partial charge is 0.446 e. The lowest BCUT2D eigenvalue weighted by Crippen LogP contribution is -2.48. The van der Waals surface area contributed by atoms with Crippen molar-refractivity contribution in [1.29, 1.82) is 0 Å². The van der Waals surface area contributed by atoms with E-state index in [9.17, 15) is 14.4 Å². The number of ether oxygens (including phenoxy) is 1. The molecular formula is C25H27N3O5. The number of primary amides is 1. The molecule has 33 heavy (non-hydrogen) atoms. The zero-order valence-corrected chi connectivity index (χ0v) is 18.9. The van der Waals surface area contributed by atoms with Gasteiger partial charge in [0.15, 0.2) is 0 Å². The third-order valence-electron chi connectivity index (χ3n) is 8.31. The van der Waals surface area contributed by atoms with Crippen LogP contribution in [0.5, 0.6) is 0 Å². The number of oxime groups is 1. The average molecular weight is 450 g/mol. The van der Waals surface area contributed by atoms with Gasteiger partial charge in [-0.1, -0.05) is 61.5 Å². The molecule has 8 nitrogen and oxygen atoms in total. The molecular weight excluding hydrogens is 422 g/mol. The minimum absolute atomic E-state index is 0.0963. The number of carbonyl (C=O) groups is 3. The molecule has 0 spiro atoms. The highest BCUT2D eigenvalue weighted by atomic mass is 16.7. The Hall–Kier alpha value is -3.42. The number of urea groups is 1. The number of para-hydroxylation sites is 1. The summed E-state index contributed by atoms with van der Waals surface area (Å²) >= 11 is 0. The lowest BCUT2D eigenvalue weighted by Gasteiger charge is -2.33. The van der Waals surface area contributed by atoms with Crippen LogP contribution < -0.4 is 10.6 Å². The Morgan fingerprint density at radius 2 is 1.88 bits per heavy atom. The van der Waals surface area contributed by atoms with E-state index in [4.69, 9.17) is 15.3 Å². The van der Waals surface area contributed by atoms with Crippen LogP contribution in [-0.2, 0) is 19.2 Å². The van der Waals surface area contributed by atoms with Gasteiger partial charge in [-0.3, -0.25) is 9.69 Å². The molecule has 2 aliphatic carbocycles. The van der Waals surface area contributed by atoms with Crippen molar-refractivity contribution in [3.63, 3.8) is 0 Å². The van der Waals surface area contributed by atoms with Crippen molar-refractivity contribution < 1.29 is 24.0 Å². The number of amides is 2. The third kappa shape index (κ3) is 2.76. The standard InChI is InChI=1S/C25H27N3O5/c1-23(2)24(3)12-13-25(23,32-20(24)29)21(30)33-27-17-14-15-8-4-6-10-18(15)28(22(26)31)19-11-7-5-9-16(17)19/h4-11,15,18H,12-14H2,1-3H3,(H2,26,31). The number of esters is 1. The van der Waals surface area contributed by atoms with Crippen LogP contribution in [0.25, 0.3) is 0 Å². The van der Waals surface area contributed by atoms with Gasteiger partial charge in [-0.25, -0.2) is 9.59 Å². The lowest BCUT2D eigenvalue weighted by molar-refractivity contribution is -0.183. The van der Waals surface area contributed by atoms with Crippen LogP contribution in [0.4, 0.5) is 10.5 Å². The SMILES string of the molecule is CC12CCC(C(=O)ON=C3CC4C=CC=CC4N(C(N)=O)c4ccccc43)(OC1=O)C2(C)C. The summed E-state index contributed by atoms with van der Waals surface area (Å²) in [7, 11) is 0. The molecule has 8 heteroatoms. The fourth-order valence-corrected chi connectivity index (χ4v) is 5.75. The Morgan fingerprint density at radius 1 is 1.15 bits per heavy atom. The molecule has 1 aromatic carbocycles. The second-order valence-corrected chi connectivity index (χ2v) is 9.94. The van der Waals surface area contributed by atoms with E-state index in [1.54, 1.807) is 11.0 Å². The van der Waals surface area contributed by atoms with Crippen LogP contribution in [0.15, 0.2) is 53.7 Å². The fraction of sp³-hybridized carbons (Fsp3) is 0.440. The van der Waals surface area contributed by atoms with Gasteiger partial charge in [-0.15, -0.1) is 0 Å². The number of hydrogen-bond acceptors (Lipinski definition) is 6. The van der Waals surface area contributed by atoms with Gasteiger partial charge in [-0.2, -0.15) is 0 Å². The van der Waals surface area contributed by atoms with Gasteiger partial charge in [0.25, 0.3) is 0 Å². The van der Waals surface area contributed by atoms with E-state index in [-0.39, 0.29) is 17.9 Å². The Morgan fingerprint density at radius 3 is 2.55 bits per heavy atom. The monoisotopic (exact) mass is 449 g/mol. The number of benzene rings is 1. The molecule has 5 rings (SSSR count). The van der Waals surface area contributed by atoms with Crippen molar-refractivity contribution in [3.8, 4) is 0 Å². The normalized spacial score (nSPS) is 34.5. The van der Waals surface area contributed by atoms with Crippen LogP contribution in [0, 0.1) is 16.7 Å². The number of hydrogen-bond donors (Lipinski definition) is 1. The summed E-state index contributed by atoms with van der Waals surface area (Å²) in [5.41, 5.74) is 4.74. The van der Waals surface area contributed by atoms with Crippen LogP contribution in [0.2, 0.25) is 0 Å². The molecule has 2 heterocycles. The summed E-state index contributed by atoms with van der Waals surface area (Å²) in [4.78, 5) is 45.3. The van der Waals surface area contributed by atoms with Gasteiger partial charge < -0.3 is 15.3 Å². The van der Waals surface area contributed by atoms with Crippen molar-refractivity contribution in [1.82, 2.24) is 0 Å². The summed E-state index contributed by atoms with van der Waals surface area (Å²) in [5.74, 6) is -1.14. The Kier molecular flexibility index (Phi) is 4.57. The van der Waals surface area contributed by atoms with E-state index in [1.807, 2.05) is 63.3 Å². The van der Waals surface area contributed by atoms with E-state index in [0.29, 0.717) is 36.2 Å². The molecule has 2 N–H and O–H groups in total. The predicted octanol–water partition coefficient (Wildman–Crippen LogP) is 3.46. The molecule has 2 fully saturated rings. The van der Waals surface area contributed by atoms with Crippen LogP contribution in [-0.4, -0.2) is 35.3 Å². The van der Waals surface area contributed by atoms with Crippen molar-refractivity contribution in [2.75, 3.05) is 4.90 Å². The van der Waals surface area contributed by atoms with Crippen molar-refractivity contribution in [2.24, 2.45) is 27.6 Å². The van der Waals surface area contributed by atoms with Crippen LogP contribution in [0.1, 0.15) is 45.6 Å². The molecule has 2 aliphatic heterocycles. The van der Waals surface area contributed by atoms with Gasteiger partial charge in [0, 0.05) is 23.3 Å². The Labute approximate surface area is 192 Å². The highest BCUT2D eigenvalue weighted by molar-refractivity contribution is 6.09. The van der Waals surface area contributed by atoms with Crippen molar-refractivity contribution in [3.05, 3.63) is 54.1 Å². The maximum absolute atomic E-state index is 13.3. The van der Waals surface area contributed by atoms with E-state index >= 15 is 0 Å². The second kappa shape index (κ2) is 7.04. The first-order chi connectivity index (χ1) is 15.6. The minimum Gasteiger partial charge on any atom is -0.446 e. The molecule has 4 unspecified atom stereocenters. The highest BCUT2D eigenvalue weighted by Gasteiger charge is 2.76. The number of carbonyl (C=O) groups excluding carboxylic acids is 3. The molecule has 1 saturated heterocycles. The van der Waals surface area contributed by atoms with E-state index in [1.165, 1.54) is 0 Å². The number of allylic oxidation sites excluding steroid dienone is 2. The molecule has 2 bridgehead atoms. The molecule has 172 valence electrons. The highest BCUT2D eigenvalue weighted by Crippen LogP contribution is 2.65.